The van der Waals surface area contributed by atoms with E-state index >= 15 is 0 Å². The van der Waals surface area contributed by atoms with Gasteiger partial charge < -0.3 is 25.4 Å². The van der Waals surface area contributed by atoms with Gasteiger partial charge in [-0.25, -0.2) is 0 Å². The standard InChI is InChI=1S/C20H27N3O3/c21-18-5-13-8-23(14-3-1-12(10-24)2-4-14)20(25)17(13)7-19(18)22-9-16-6-15(22)11-26-16/h5,7,12,14-16,24H,1-4,6,8-11,21H2/t12?,14?,15-,16-/m0/s1. The van der Waals surface area contributed by atoms with Crippen LogP contribution in [-0.4, -0.2) is 53.9 Å². The van der Waals surface area contributed by atoms with Crippen LogP contribution in [0.3, 0.4) is 0 Å². The van der Waals surface area contributed by atoms with Crippen LogP contribution >= 0.6 is 0 Å². The summed E-state index contributed by atoms with van der Waals surface area (Å²) in [5.41, 5.74) is 10.0. The average Bonchev–Trinajstić information content (AvgIpc) is 3.36. The Morgan fingerprint density at radius 3 is 2.62 bits per heavy atom. The zero-order chi connectivity index (χ0) is 17.8. The van der Waals surface area contributed by atoms with Gasteiger partial charge in [-0.3, -0.25) is 4.79 Å². The molecular weight excluding hydrogens is 330 g/mol. The Morgan fingerprint density at radius 1 is 1.15 bits per heavy atom. The van der Waals surface area contributed by atoms with Gasteiger partial charge in [0.25, 0.3) is 5.91 Å². The summed E-state index contributed by atoms with van der Waals surface area (Å²) in [6.45, 7) is 2.57. The summed E-state index contributed by atoms with van der Waals surface area (Å²) >= 11 is 0. The molecule has 140 valence electrons. The summed E-state index contributed by atoms with van der Waals surface area (Å²) in [7, 11) is 0. The van der Waals surface area contributed by atoms with Crippen molar-refractivity contribution in [1.29, 1.82) is 0 Å². The van der Waals surface area contributed by atoms with Crippen LogP contribution < -0.4 is 10.6 Å². The minimum absolute atomic E-state index is 0.148. The van der Waals surface area contributed by atoms with Gasteiger partial charge in [0.1, 0.15) is 0 Å². The third-order valence-corrected chi connectivity index (χ3v) is 6.81. The molecule has 3 aliphatic heterocycles. The van der Waals surface area contributed by atoms with Gasteiger partial charge in [-0.2, -0.15) is 0 Å². The van der Waals surface area contributed by atoms with Crippen LogP contribution in [0.15, 0.2) is 12.1 Å². The van der Waals surface area contributed by atoms with Crippen molar-refractivity contribution in [3.8, 4) is 0 Å². The number of benzene rings is 1. The monoisotopic (exact) mass is 357 g/mol. The fourth-order valence-corrected chi connectivity index (χ4v) is 5.27. The first-order valence-electron chi connectivity index (χ1n) is 9.86. The van der Waals surface area contributed by atoms with E-state index in [1.807, 2.05) is 17.0 Å². The van der Waals surface area contributed by atoms with Crippen LogP contribution in [0.5, 0.6) is 0 Å². The Balaban J connectivity index is 1.38. The molecule has 2 atom stereocenters. The molecule has 1 saturated carbocycles. The lowest BCUT2D eigenvalue weighted by Crippen LogP contribution is -2.38. The maximum absolute atomic E-state index is 13.1. The molecule has 3 fully saturated rings. The second-order valence-electron chi connectivity index (χ2n) is 8.36. The minimum Gasteiger partial charge on any atom is -0.397 e. The summed E-state index contributed by atoms with van der Waals surface area (Å²) in [6.07, 6.45) is 5.35. The number of morpholine rings is 1. The first kappa shape index (κ1) is 16.4. The quantitative estimate of drug-likeness (QED) is 0.806. The molecule has 4 aliphatic rings. The summed E-state index contributed by atoms with van der Waals surface area (Å²) in [4.78, 5) is 17.4. The molecule has 26 heavy (non-hydrogen) atoms. The molecule has 1 aromatic carbocycles. The summed E-state index contributed by atoms with van der Waals surface area (Å²) in [5.74, 6) is 0.552. The Bertz CT molecular complexity index is 729. The lowest BCUT2D eigenvalue weighted by atomic mass is 9.86. The normalized spacial score (nSPS) is 33.2. The number of nitrogens with zero attached hydrogens (tertiary/aromatic N) is 2. The molecule has 2 bridgehead atoms. The zero-order valence-corrected chi connectivity index (χ0v) is 15.1. The van der Waals surface area contributed by atoms with E-state index in [9.17, 15) is 9.90 Å². The van der Waals surface area contributed by atoms with Crippen molar-refractivity contribution in [1.82, 2.24) is 4.90 Å². The lowest BCUT2D eigenvalue weighted by molar-refractivity contribution is 0.0609. The van der Waals surface area contributed by atoms with Crippen molar-refractivity contribution in [3.05, 3.63) is 23.3 Å². The fourth-order valence-electron chi connectivity index (χ4n) is 5.27. The number of amides is 1. The number of anilines is 2. The number of fused-ring (bicyclic) bond motifs is 3. The minimum atomic E-state index is 0.148. The molecule has 6 nitrogen and oxygen atoms in total. The van der Waals surface area contributed by atoms with Crippen LogP contribution in [-0.2, 0) is 11.3 Å². The Kier molecular flexibility index (Phi) is 3.87. The molecule has 1 aliphatic carbocycles. The van der Waals surface area contributed by atoms with Crippen molar-refractivity contribution in [2.75, 3.05) is 30.4 Å². The van der Waals surface area contributed by atoms with Crippen molar-refractivity contribution >= 4 is 17.3 Å². The van der Waals surface area contributed by atoms with E-state index in [4.69, 9.17) is 10.5 Å². The summed E-state index contributed by atoms with van der Waals surface area (Å²) < 4.78 is 5.70. The molecule has 0 spiro atoms. The summed E-state index contributed by atoms with van der Waals surface area (Å²) in [5, 5.41) is 9.34. The van der Waals surface area contributed by atoms with E-state index in [0.717, 1.165) is 67.8 Å². The highest BCUT2D eigenvalue weighted by atomic mass is 16.5. The Hall–Kier alpha value is -1.79. The molecule has 0 radical (unpaired) electrons. The first-order chi connectivity index (χ1) is 12.6. The molecular formula is C20H27N3O3. The highest BCUT2D eigenvalue weighted by Crippen LogP contribution is 2.40. The van der Waals surface area contributed by atoms with E-state index in [0.29, 0.717) is 30.7 Å². The number of aliphatic hydroxyl groups is 1. The van der Waals surface area contributed by atoms with Gasteiger partial charge in [-0.05, 0) is 55.7 Å². The zero-order valence-electron chi connectivity index (χ0n) is 15.1. The van der Waals surface area contributed by atoms with Gasteiger partial charge in [0.15, 0.2) is 0 Å². The molecule has 6 heteroatoms. The molecule has 3 heterocycles. The molecule has 0 aromatic heterocycles. The lowest BCUT2D eigenvalue weighted by Gasteiger charge is -2.34. The predicted molar refractivity (Wildman–Crippen MR) is 99.1 cm³/mol. The van der Waals surface area contributed by atoms with Crippen molar-refractivity contribution < 1.29 is 14.6 Å². The largest absolute Gasteiger partial charge is 0.397 e. The predicted octanol–water partition coefficient (Wildman–Crippen LogP) is 1.75. The number of nitrogen functional groups attached to an aromatic ring is 1. The number of carbonyl (C=O) groups excluding carboxylic acids is 1. The van der Waals surface area contributed by atoms with Crippen molar-refractivity contribution in [2.45, 2.75) is 56.8 Å². The van der Waals surface area contributed by atoms with Gasteiger partial charge in [-0.1, -0.05) is 0 Å². The smallest absolute Gasteiger partial charge is 0.254 e. The van der Waals surface area contributed by atoms with E-state index in [2.05, 4.69) is 4.90 Å². The van der Waals surface area contributed by atoms with Crippen LogP contribution in [0.4, 0.5) is 11.4 Å². The number of rotatable bonds is 3. The molecule has 1 amide bonds. The van der Waals surface area contributed by atoms with Gasteiger partial charge in [0, 0.05) is 31.3 Å². The SMILES string of the molecule is Nc1cc2c(cc1N1C[C@@H]3C[C@H]1CO3)C(=O)N(C1CCC(CO)CC1)C2. The fraction of sp³-hybridized carbons (Fsp3) is 0.650. The number of hydrogen-bond acceptors (Lipinski definition) is 5. The maximum atomic E-state index is 13.1. The van der Waals surface area contributed by atoms with Gasteiger partial charge in [-0.15, -0.1) is 0 Å². The number of carbonyl (C=O) groups is 1. The number of aliphatic hydroxyl groups excluding tert-OH is 1. The van der Waals surface area contributed by atoms with Crippen LogP contribution in [0.1, 0.15) is 48.0 Å². The van der Waals surface area contributed by atoms with E-state index in [-0.39, 0.29) is 12.5 Å². The third-order valence-electron chi connectivity index (χ3n) is 6.81. The average molecular weight is 357 g/mol. The van der Waals surface area contributed by atoms with Crippen LogP contribution in [0, 0.1) is 5.92 Å². The number of ether oxygens (including phenoxy) is 1. The highest BCUT2D eigenvalue weighted by molar-refractivity contribution is 6.00. The van der Waals surface area contributed by atoms with Crippen molar-refractivity contribution in [3.63, 3.8) is 0 Å². The second kappa shape index (κ2) is 6.13. The Morgan fingerprint density at radius 2 is 1.96 bits per heavy atom. The van der Waals surface area contributed by atoms with E-state index < -0.39 is 0 Å². The summed E-state index contributed by atoms with van der Waals surface area (Å²) in [6, 6.07) is 4.71. The van der Waals surface area contributed by atoms with E-state index in [1.54, 1.807) is 0 Å². The molecule has 3 N–H and O–H groups in total. The number of hydrogen-bond donors (Lipinski definition) is 2. The van der Waals surface area contributed by atoms with Crippen molar-refractivity contribution in [2.24, 2.45) is 5.92 Å². The molecule has 2 saturated heterocycles. The number of nitrogens with two attached hydrogens (primary N) is 1. The van der Waals surface area contributed by atoms with Crippen LogP contribution in [0.2, 0.25) is 0 Å². The second-order valence-corrected chi connectivity index (χ2v) is 8.36. The first-order valence-corrected chi connectivity index (χ1v) is 9.86. The molecule has 1 aromatic rings. The third kappa shape index (κ3) is 2.50. The maximum Gasteiger partial charge on any atom is 0.254 e. The highest BCUT2D eigenvalue weighted by Gasteiger charge is 2.41. The Labute approximate surface area is 153 Å². The van der Waals surface area contributed by atoms with Gasteiger partial charge in [0.05, 0.1) is 30.1 Å². The molecule has 0 unspecified atom stereocenters. The molecule has 5 rings (SSSR count). The topological polar surface area (TPSA) is 79.0 Å². The van der Waals surface area contributed by atoms with Gasteiger partial charge in [0.2, 0.25) is 0 Å². The van der Waals surface area contributed by atoms with Gasteiger partial charge >= 0.3 is 0 Å². The van der Waals surface area contributed by atoms with Crippen LogP contribution in [0.25, 0.3) is 0 Å². The van der Waals surface area contributed by atoms with E-state index in [1.165, 1.54) is 0 Å².